The molecule has 0 saturated heterocycles. The molecule has 0 aliphatic carbocycles. The number of benzene rings is 1. The van der Waals surface area contributed by atoms with Gasteiger partial charge in [-0.25, -0.2) is 8.42 Å². The molecular weight excluding hydrogens is 344 g/mol. The number of imide groups is 1. The molecule has 0 fully saturated rings. The molecule has 124 valence electrons. The van der Waals surface area contributed by atoms with E-state index in [1.807, 2.05) is 0 Å². The quantitative estimate of drug-likeness (QED) is 0.587. The van der Waals surface area contributed by atoms with Gasteiger partial charge in [0.2, 0.25) is 10.0 Å². The summed E-state index contributed by atoms with van der Waals surface area (Å²) in [6, 6.07) is 2.18. The van der Waals surface area contributed by atoms with Gasteiger partial charge in [-0.1, -0.05) is 0 Å². The Labute approximate surface area is 136 Å². The fourth-order valence-electron chi connectivity index (χ4n) is 2.04. The maximum atomic E-state index is 12.3. The molecule has 0 saturated carbocycles. The zero-order chi connectivity index (χ0) is 17.2. The molecule has 1 aromatic rings. The minimum absolute atomic E-state index is 0.0473. The first kappa shape index (κ1) is 17.4. The van der Waals surface area contributed by atoms with Crippen LogP contribution in [-0.4, -0.2) is 49.4 Å². The summed E-state index contributed by atoms with van der Waals surface area (Å²) >= 11 is 1.40. The molecule has 3 N–H and O–H groups in total. The fraction of sp³-hybridized carbons (Fsp3) is 0.308. The van der Waals surface area contributed by atoms with E-state index in [1.165, 1.54) is 17.8 Å². The van der Waals surface area contributed by atoms with Crippen molar-refractivity contribution in [1.29, 1.82) is 0 Å². The normalized spacial score (nSPS) is 15.2. The highest BCUT2D eigenvalue weighted by atomic mass is 32.2. The maximum absolute atomic E-state index is 12.3. The standard InChI is InChI=1S/C13H14N2O6S2/c1-22-5-4-10(13(18)19)15-23(20,21)7-2-3-8-9(6-7)12(17)14-11(8)16/h2-3,6,10,15H,4-5H2,1H3,(H,18,19)(H,14,16,17)/t10-/m0/s1. The molecule has 1 aromatic carbocycles. The number of carbonyl (C=O) groups is 3. The number of carboxylic acid groups (broad SMARTS) is 1. The number of nitrogens with one attached hydrogen (secondary N) is 2. The van der Waals surface area contributed by atoms with E-state index in [4.69, 9.17) is 5.11 Å². The van der Waals surface area contributed by atoms with E-state index < -0.39 is 33.8 Å². The van der Waals surface area contributed by atoms with Crippen molar-refractivity contribution in [2.45, 2.75) is 17.4 Å². The molecule has 0 bridgehead atoms. The van der Waals surface area contributed by atoms with Gasteiger partial charge in [-0.2, -0.15) is 16.5 Å². The lowest BCUT2D eigenvalue weighted by atomic mass is 10.1. The number of fused-ring (bicyclic) bond motifs is 1. The number of amides is 2. The van der Waals surface area contributed by atoms with E-state index in [1.54, 1.807) is 6.26 Å². The molecule has 0 unspecified atom stereocenters. The first-order valence-corrected chi connectivity index (χ1v) is 9.38. The average Bonchev–Trinajstić information content (AvgIpc) is 2.77. The molecule has 0 aromatic heterocycles. The largest absolute Gasteiger partial charge is 0.480 e. The van der Waals surface area contributed by atoms with Crippen LogP contribution in [0.15, 0.2) is 23.1 Å². The van der Waals surface area contributed by atoms with E-state index in [9.17, 15) is 22.8 Å². The summed E-state index contributed by atoms with van der Waals surface area (Å²) in [5.41, 5.74) is 0.0416. The van der Waals surface area contributed by atoms with Gasteiger partial charge >= 0.3 is 5.97 Å². The van der Waals surface area contributed by atoms with Crippen LogP contribution >= 0.6 is 11.8 Å². The van der Waals surface area contributed by atoms with Gasteiger partial charge in [0.15, 0.2) is 0 Å². The zero-order valence-corrected chi connectivity index (χ0v) is 13.7. The maximum Gasteiger partial charge on any atom is 0.321 e. The Morgan fingerprint density at radius 2 is 1.96 bits per heavy atom. The van der Waals surface area contributed by atoms with Crippen molar-refractivity contribution in [3.8, 4) is 0 Å². The molecule has 23 heavy (non-hydrogen) atoms. The predicted molar refractivity (Wildman–Crippen MR) is 83.0 cm³/mol. The van der Waals surface area contributed by atoms with Crippen LogP contribution in [0.1, 0.15) is 27.1 Å². The van der Waals surface area contributed by atoms with Crippen molar-refractivity contribution >= 4 is 39.6 Å². The molecule has 1 atom stereocenters. The first-order chi connectivity index (χ1) is 10.8. The van der Waals surface area contributed by atoms with Gasteiger partial charge in [-0.3, -0.25) is 19.7 Å². The van der Waals surface area contributed by atoms with Gasteiger partial charge in [0.05, 0.1) is 16.0 Å². The van der Waals surface area contributed by atoms with Gasteiger partial charge in [0, 0.05) is 0 Å². The highest BCUT2D eigenvalue weighted by Crippen LogP contribution is 2.20. The lowest BCUT2D eigenvalue weighted by Crippen LogP contribution is -2.41. The second-order valence-electron chi connectivity index (χ2n) is 4.78. The molecular formula is C13H14N2O6S2. The molecule has 0 spiro atoms. The monoisotopic (exact) mass is 358 g/mol. The van der Waals surface area contributed by atoms with Crippen LogP contribution < -0.4 is 10.0 Å². The molecule has 2 rings (SSSR count). The van der Waals surface area contributed by atoms with Crippen LogP contribution in [0.5, 0.6) is 0 Å². The summed E-state index contributed by atoms with van der Waals surface area (Å²) in [4.78, 5) is 33.9. The number of carbonyl (C=O) groups excluding carboxylic acids is 2. The first-order valence-electron chi connectivity index (χ1n) is 6.50. The van der Waals surface area contributed by atoms with Crippen molar-refractivity contribution < 1.29 is 27.9 Å². The molecule has 1 heterocycles. The Kier molecular flexibility index (Phi) is 5.07. The number of hydrogen-bond acceptors (Lipinski definition) is 6. The van der Waals surface area contributed by atoms with Gasteiger partial charge in [0.25, 0.3) is 11.8 Å². The van der Waals surface area contributed by atoms with E-state index in [0.29, 0.717) is 5.75 Å². The van der Waals surface area contributed by atoms with E-state index in [-0.39, 0.29) is 22.4 Å². The van der Waals surface area contributed by atoms with Crippen LogP contribution in [0.25, 0.3) is 0 Å². The lowest BCUT2D eigenvalue weighted by Gasteiger charge is -2.14. The summed E-state index contributed by atoms with van der Waals surface area (Å²) in [5, 5.41) is 11.2. The predicted octanol–water partition coefficient (Wildman–Crippen LogP) is 0.0548. The Bertz CT molecular complexity index is 775. The SMILES string of the molecule is CSCC[C@H](NS(=O)(=O)c1ccc2c(c1)C(=O)NC2=O)C(=O)O. The summed E-state index contributed by atoms with van der Waals surface area (Å²) in [6.45, 7) is 0. The molecule has 1 aliphatic heterocycles. The Balaban J connectivity index is 2.29. The van der Waals surface area contributed by atoms with E-state index in [2.05, 4.69) is 10.0 Å². The highest BCUT2D eigenvalue weighted by molar-refractivity contribution is 7.98. The van der Waals surface area contributed by atoms with Crippen molar-refractivity contribution in [1.82, 2.24) is 10.0 Å². The van der Waals surface area contributed by atoms with Crippen LogP contribution in [0.4, 0.5) is 0 Å². The summed E-state index contributed by atoms with van der Waals surface area (Å²) in [6.07, 6.45) is 1.91. The third-order valence-electron chi connectivity index (χ3n) is 3.22. The Morgan fingerprint density at radius 1 is 1.30 bits per heavy atom. The second kappa shape index (κ2) is 6.69. The third kappa shape index (κ3) is 3.71. The minimum Gasteiger partial charge on any atom is -0.480 e. The number of carboxylic acids is 1. The van der Waals surface area contributed by atoms with Crippen molar-refractivity contribution in [3.63, 3.8) is 0 Å². The molecule has 1 aliphatic rings. The summed E-state index contributed by atoms with van der Waals surface area (Å²) in [5.74, 6) is -2.08. The number of sulfonamides is 1. The molecule has 8 nitrogen and oxygen atoms in total. The minimum atomic E-state index is -4.13. The Hall–Kier alpha value is -1.91. The lowest BCUT2D eigenvalue weighted by molar-refractivity contribution is -0.139. The fourth-order valence-corrected chi connectivity index (χ4v) is 3.76. The highest BCUT2D eigenvalue weighted by Gasteiger charge is 2.30. The zero-order valence-electron chi connectivity index (χ0n) is 12.0. The van der Waals surface area contributed by atoms with Gasteiger partial charge in [0.1, 0.15) is 6.04 Å². The number of hydrogen-bond donors (Lipinski definition) is 3. The second-order valence-corrected chi connectivity index (χ2v) is 7.48. The third-order valence-corrected chi connectivity index (χ3v) is 5.34. The van der Waals surface area contributed by atoms with Crippen molar-refractivity contribution in [3.05, 3.63) is 29.3 Å². The molecule has 2 amide bonds. The van der Waals surface area contributed by atoms with E-state index >= 15 is 0 Å². The summed E-state index contributed by atoms with van der Waals surface area (Å²) < 4.78 is 26.7. The van der Waals surface area contributed by atoms with Crippen LogP contribution in [0, 0.1) is 0 Å². The smallest absolute Gasteiger partial charge is 0.321 e. The number of rotatable bonds is 7. The van der Waals surface area contributed by atoms with Crippen LogP contribution in [-0.2, 0) is 14.8 Å². The number of thioether (sulfide) groups is 1. The Morgan fingerprint density at radius 3 is 2.57 bits per heavy atom. The van der Waals surface area contributed by atoms with Gasteiger partial charge in [-0.15, -0.1) is 0 Å². The topological polar surface area (TPSA) is 130 Å². The number of aliphatic carboxylic acids is 1. The molecule has 0 radical (unpaired) electrons. The van der Waals surface area contributed by atoms with E-state index in [0.717, 1.165) is 12.1 Å². The molecule has 10 heteroatoms. The van der Waals surface area contributed by atoms with Crippen LogP contribution in [0.2, 0.25) is 0 Å². The summed E-state index contributed by atoms with van der Waals surface area (Å²) in [7, 11) is -4.13. The van der Waals surface area contributed by atoms with Crippen molar-refractivity contribution in [2.24, 2.45) is 0 Å². The average molecular weight is 358 g/mol. The van der Waals surface area contributed by atoms with Gasteiger partial charge < -0.3 is 5.11 Å². The van der Waals surface area contributed by atoms with Crippen LogP contribution in [0.3, 0.4) is 0 Å². The van der Waals surface area contributed by atoms with Crippen molar-refractivity contribution in [2.75, 3.05) is 12.0 Å². The van der Waals surface area contributed by atoms with Gasteiger partial charge in [-0.05, 0) is 36.6 Å².